The van der Waals surface area contributed by atoms with Gasteiger partial charge in [-0.25, -0.2) is 13.6 Å². The number of aromatic nitrogens is 2. The molecule has 0 aliphatic carbocycles. The summed E-state index contributed by atoms with van der Waals surface area (Å²) in [6.45, 7) is 2.03. The molecule has 176 valence electrons. The van der Waals surface area contributed by atoms with Crippen LogP contribution < -0.4 is 5.32 Å². The summed E-state index contributed by atoms with van der Waals surface area (Å²) in [7, 11) is 1.58. The van der Waals surface area contributed by atoms with Crippen molar-refractivity contribution in [3.05, 3.63) is 82.4 Å². The lowest BCUT2D eigenvalue weighted by atomic mass is 9.95. The Balaban J connectivity index is 1.43. The number of carbonyl (C=O) groups excluding carboxylic acids is 2. The number of halogens is 2. The molecule has 3 aromatic rings. The zero-order valence-corrected chi connectivity index (χ0v) is 19.0. The second kappa shape index (κ2) is 8.23. The summed E-state index contributed by atoms with van der Waals surface area (Å²) in [5.41, 5.74) is 1.30. The van der Waals surface area contributed by atoms with Crippen molar-refractivity contribution >= 4 is 17.6 Å². The summed E-state index contributed by atoms with van der Waals surface area (Å²) in [5, 5.41) is 7.37. The number of hydrogen-bond acceptors (Lipinski definition) is 3. The zero-order valence-electron chi connectivity index (χ0n) is 19.0. The SMILES string of the molecule is Cc1cc(NC(=O)N2CCc3nn4c(c3C2)C(=O)N(C)CC(F)(c2ccccc2)C4)ccc1F. The number of fused-ring (bicyclic) bond motifs is 3. The van der Waals surface area contributed by atoms with Gasteiger partial charge >= 0.3 is 6.03 Å². The normalized spacial score (nSPS) is 19.9. The molecule has 3 heterocycles. The van der Waals surface area contributed by atoms with Gasteiger partial charge in [-0.1, -0.05) is 30.3 Å². The minimum absolute atomic E-state index is 0.0868. The molecule has 2 aromatic carbocycles. The third-order valence-corrected chi connectivity index (χ3v) is 6.53. The first-order valence-electron chi connectivity index (χ1n) is 11.2. The Morgan fingerprint density at radius 1 is 1.15 bits per heavy atom. The standard InChI is InChI=1S/C25H25F2N5O2/c1-16-12-18(8-9-20(16)26)28-24(34)31-11-10-21-19(13-31)22-23(33)30(2)14-25(27,15-32(22)29-21)17-6-4-3-5-7-17/h3-9,12H,10-11,13-15H2,1-2H3,(H,28,34). The smallest absolute Gasteiger partial charge is 0.322 e. The van der Waals surface area contributed by atoms with Gasteiger partial charge in [0.1, 0.15) is 11.5 Å². The number of likely N-dealkylation sites (N-methyl/N-ethyl adjacent to an activating group) is 1. The van der Waals surface area contributed by atoms with Crippen LogP contribution >= 0.6 is 0 Å². The highest BCUT2D eigenvalue weighted by Gasteiger charge is 2.42. The van der Waals surface area contributed by atoms with Gasteiger partial charge in [0.05, 0.1) is 25.3 Å². The van der Waals surface area contributed by atoms with Gasteiger partial charge in [0, 0.05) is 31.3 Å². The Labute approximate surface area is 196 Å². The van der Waals surface area contributed by atoms with E-state index in [-0.39, 0.29) is 37.4 Å². The largest absolute Gasteiger partial charge is 0.337 e. The lowest BCUT2D eigenvalue weighted by Gasteiger charge is -2.28. The second-order valence-electron chi connectivity index (χ2n) is 8.99. The van der Waals surface area contributed by atoms with E-state index in [0.29, 0.717) is 46.7 Å². The lowest BCUT2D eigenvalue weighted by molar-refractivity contribution is 0.0629. The predicted octanol–water partition coefficient (Wildman–Crippen LogP) is 3.87. The topological polar surface area (TPSA) is 70.5 Å². The summed E-state index contributed by atoms with van der Waals surface area (Å²) >= 11 is 0. The van der Waals surface area contributed by atoms with E-state index in [4.69, 9.17) is 0 Å². The Morgan fingerprint density at radius 3 is 2.65 bits per heavy atom. The van der Waals surface area contributed by atoms with Crippen LogP contribution in [0, 0.1) is 12.7 Å². The van der Waals surface area contributed by atoms with E-state index in [9.17, 15) is 14.0 Å². The highest BCUT2D eigenvalue weighted by molar-refractivity contribution is 5.95. The lowest BCUT2D eigenvalue weighted by Crippen LogP contribution is -2.40. The zero-order chi connectivity index (χ0) is 24.0. The molecule has 34 heavy (non-hydrogen) atoms. The van der Waals surface area contributed by atoms with Gasteiger partial charge in [0.2, 0.25) is 0 Å². The molecule has 5 rings (SSSR count). The van der Waals surface area contributed by atoms with E-state index < -0.39 is 5.67 Å². The fraction of sp³-hybridized carbons (Fsp3) is 0.320. The summed E-state index contributed by atoms with van der Waals surface area (Å²) in [4.78, 5) is 29.1. The number of alkyl halides is 1. The molecular formula is C25H25F2N5O2. The van der Waals surface area contributed by atoms with Crippen LogP contribution in [0.15, 0.2) is 48.5 Å². The maximum absolute atomic E-state index is 16.2. The molecule has 0 spiro atoms. The molecule has 1 N–H and O–H groups in total. The van der Waals surface area contributed by atoms with Gasteiger partial charge in [-0.05, 0) is 36.2 Å². The van der Waals surface area contributed by atoms with Gasteiger partial charge in [-0.3, -0.25) is 9.48 Å². The Bertz CT molecular complexity index is 1280. The van der Waals surface area contributed by atoms with E-state index in [2.05, 4.69) is 10.4 Å². The van der Waals surface area contributed by atoms with Crippen molar-refractivity contribution in [3.63, 3.8) is 0 Å². The molecule has 1 unspecified atom stereocenters. The Kier molecular flexibility index (Phi) is 5.34. The first-order chi connectivity index (χ1) is 16.2. The fourth-order valence-electron chi connectivity index (χ4n) is 4.71. The first-order valence-corrected chi connectivity index (χ1v) is 11.2. The highest BCUT2D eigenvalue weighted by atomic mass is 19.1. The van der Waals surface area contributed by atoms with Gasteiger partial charge in [-0.2, -0.15) is 5.10 Å². The van der Waals surface area contributed by atoms with Crippen molar-refractivity contribution in [1.82, 2.24) is 19.6 Å². The average molecular weight is 466 g/mol. The third-order valence-electron chi connectivity index (χ3n) is 6.53. The summed E-state index contributed by atoms with van der Waals surface area (Å²) in [6, 6.07) is 12.8. The number of nitrogens with one attached hydrogen (secondary N) is 1. The quantitative estimate of drug-likeness (QED) is 0.625. The molecule has 0 bridgehead atoms. The predicted molar refractivity (Wildman–Crippen MR) is 123 cm³/mol. The number of carbonyl (C=O) groups is 2. The van der Waals surface area contributed by atoms with Crippen molar-refractivity contribution in [3.8, 4) is 0 Å². The molecule has 1 atom stereocenters. The van der Waals surface area contributed by atoms with Gasteiger partial charge < -0.3 is 15.1 Å². The maximum Gasteiger partial charge on any atom is 0.322 e. The molecule has 3 amide bonds. The van der Waals surface area contributed by atoms with Crippen molar-refractivity contribution in [2.45, 2.75) is 32.1 Å². The Hall–Kier alpha value is -3.75. The molecule has 0 saturated carbocycles. The number of urea groups is 1. The molecule has 1 aromatic heterocycles. The average Bonchev–Trinajstić information content (AvgIpc) is 3.13. The number of anilines is 1. The number of aryl methyl sites for hydroxylation is 1. The summed E-state index contributed by atoms with van der Waals surface area (Å²) < 4.78 is 31.2. The summed E-state index contributed by atoms with van der Waals surface area (Å²) in [5.74, 6) is -0.661. The van der Waals surface area contributed by atoms with E-state index in [1.807, 2.05) is 6.07 Å². The van der Waals surface area contributed by atoms with E-state index in [1.165, 1.54) is 21.7 Å². The van der Waals surface area contributed by atoms with Crippen LogP contribution in [0.3, 0.4) is 0 Å². The number of rotatable bonds is 2. The van der Waals surface area contributed by atoms with E-state index in [0.717, 1.165) is 0 Å². The summed E-state index contributed by atoms with van der Waals surface area (Å²) in [6.07, 6.45) is 0.451. The third kappa shape index (κ3) is 3.81. The molecule has 2 aliphatic heterocycles. The minimum Gasteiger partial charge on any atom is -0.337 e. The van der Waals surface area contributed by atoms with Crippen LogP contribution in [-0.4, -0.2) is 51.7 Å². The number of amides is 3. The molecular weight excluding hydrogens is 440 g/mol. The van der Waals surface area contributed by atoms with Crippen LogP contribution in [0.2, 0.25) is 0 Å². The minimum atomic E-state index is -1.79. The van der Waals surface area contributed by atoms with Crippen LogP contribution in [0.1, 0.15) is 32.9 Å². The molecule has 0 radical (unpaired) electrons. The molecule has 7 nitrogen and oxygen atoms in total. The van der Waals surface area contributed by atoms with Gasteiger partial charge in [-0.15, -0.1) is 0 Å². The number of hydrogen-bond donors (Lipinski definition) is 1. The van der Waals surface area contributed by atoms with Crippen molar-refractivity contribution < 1.29 is 18.4 Å². The van der Waals surface area contributed by atoms with Crippen molar-refractivity contribution in [1.29, 1.82) is 0 Å². The highest BCUT2D eigenvalue weighted by Crippen LogP contribution is 2.35. The van der Waals surface area contributed by atoms with Crippen molar-refractivity contribution in [2.24, 2.45) is 0 Å². The monoisotopic (exact) mass is 465 g/mol. The second-order valence-corrected chi connectivity index (χ2v) is 8.99. The van der Waals surface area contributed by atoms with Crippen molar-refractivity contribution in [2.75, 3.05) is 25.5 Å². The van der Waals surface area contributed by atoms with Crippen LogP contribution in [-0.2, 0) is 25.2 Å². The Morgan fingerprint density at radius 2 is 1.91 bits per heavy atom. The fourth-order valence-corrected chi connectivity index (χ4v) is 4.71. The number of benzene rings is 2. The van der Waals surface area contributed by atoms with Gasteiger partial charge in [0.15, 0.2) is 5.67 Å². The first kappa shape index (κ1) is 22.1. The molecule has 2 aliphatic rings. The molecule has 9 heteroatoms. The number of nitrogens with zero attached hydrogens (tertiary/aromatic N) is 4. The van der Waals surface area contributed by atoms with Crippen LogP contribution in [0.25, 0.3) is 0 Å². The van der Waals surface area contributed by atoms with E-state index >= 15 is 4.39 Å². The van der Waals surface area contributed by atoms with Crippen LogP contribution in [0.4, 0.5) is 19.3 Å². The maximum atomic E-state index is 16.2. The van der Waals surface area contributed by atoms with Crippen LogP contribution in [0.5, 0.6) is 0 Å². The van der Waals surface area contributed by atoms with Gasteiger partial charge in [0.25, 0.3) is 5.91 Å². The van der Waals surface area contributed by atoms with E-state index in [1.54, 1.807) is 49.2 Å². The molecule has 0 fully saturated rings. The molecule has 0 saturated heterocycles.